The number of carbonyl (C=O) groups excluding carboxylic acids is 1. The molecule has 3 heterocycles. The molecule has 4 rings (SSSR count). The molecule has 0 radical (unpaired) electrons. The highest BCUT2D eigenvalue weighted by atomic mass is 19.4. The number of amides is 2. The van der Waals surface area contributed by atoms with Crippen molar-refractivity contribution in [3.63, 3.8) is 0 Å². The van der Waals surface area contributed by atoms with E-state index in [0.717, 1.165) is 24.4 Å². The van der Waals surface area contributed by atoms with E-state index in [1.807, 2.05) is 0 Å². The molecule has 14 heteroatoms. The fraction of sp³-hybridized carbons (Fsp3) is 0.346. The number of urea groups is 1. The van der Waals surface area contributed by atoms with Crippen LogP contribution in [0.1, 0.15) is 42.6 Å². The number of para-hydroxylation sites is 1. The molecule has 0 atom stereocenters. The van der Waals surface area contributed by atoms with E-state index in [9.17, 15) is 26.7 Å². The summed E-state index contributed by atoms with van der Waals surface area (Å²) < 4.78 is 66.9. The minimum absolute atomic E-state index is 0.131. The summed E-state index contributed by atoms with van der Waals surface area (Å²) in [7, 11) is 3.55. The van der Waals surface area contributed by atoms with Gasteiger partial charge in [0.1, 0.15) is 23.0 Å². The molecule has 2 aromatic heterocycles. The lowest BCUT2D eigenvalue weighted by molar-refractivity contribution is -0.141. The predicted octanol–water partition coefficient (Wildman–Crippen LogP) is 5.45. The van der Waals surface area contributed by atoms with Gasteiger partial charge >= 0.3 is 12.2 Å². The first-order valence-electron chi connectivity index (χ1n) is 12.2. The molecule has 3 aromatic rings. The molecule has 1 fully saturated rings. The molecule has 1 aromatic carbocycles. The van der Waals surface area contributed by atoms with Gasteiger partial charge in [0.2, 0.25) is 5.95 Å². The lowest BCUT2D eigenvalue weighted by Gasteiger charge is -2.32. The highest BCUT2D eigenvalue weighted by Crippen LogP contribution is 2.32. The van der Waals surface area contributed by atoms with Crippen molar-refractivity contribution in [3.8, 4) is 5.75 Å². The maximum absolute atomic E-state index is 14.0. The van der Waals surface area contributed by atoms with Crippen LogP contribution in [0.2, 0.25) is 0 Å². The molecule has 0 saturated carbocycles. The van der Waals surface area contributed by atoms with Gasteiger partial charge in [0.05, 0.1) is 11.4 Å². The summed E-state index contributed by atoms with van der Waals surface area (Å²) in [6.07, 6.45) is -1.12. The van der Waals surface area contributed by atoms with Gasteiger partial charge in [-0.1, -0.05) is 11.2 Å². The number of halogens is 5. The summed E-state index contributed by atoms with van der Waals surface area (Å²) in [5.41, 5.74) is -0.111. The maximum Gasteiger partial charge on any atom is 0.433 e. The molecule has 0 bridgehead atoms. The van der Waals surface area contributed by atoms with Gasteiger partial charge < -0.3 is 20.0 Å². The third kappa shape index (κ3) is 6.61. The van der Waals surface area contributed by atoms with E-state index in [-0.39, 0.29) is 24.8 Å². The molecular formula is C26H26F5N7O2. The van der Waals surface area contributed by atoms with Crippen molar-refractivity contribution in [2.45, 2.75) is 31.9 Å². The van der Waals surface area contributed by atoms with Crippen molar-refractivity contribution in [2.24, 2.45) is 5.16 Å². The second kappa shape index (κ2) is 11.8. The van der Waals surface area contributed by atoms with Gasteiger partial charge in [-0.15, -0.1) is 0 Å². The van der Waals surface area contributed by atoms with Crippen molar-refractivity contribution in [1.82, 2.24) is 19.9 Å². The Morgan fingerprint density at radius 2 is 1.80 bits per heavy atom. The largest absolute Gasteiger partial charge is 0.433 e. The number of aromatic nitrogens is 3. The number of piperidine rings is 1. The number of oxime groups is 1. The summed E-state index contributed by atoms with van der Waals surface area (Å²) in [5.74, 6) is -1.58. The van der Waals surface area contributed by atoms with Crippen LogP contribution < -0.4 is 15.1 Å². The molecule has 0 aliphatic carbocycles. The molecule has 1 aliphatic heterocycles. The molecular weight excluding hydrogens is 537 g/mol. The average molecular weight is 564 g/mol. The van der Waals surface area contributed by atoms with Crippen molar-refractivity contribution in [1.29, 1.82) is 0 Å². The normalized spacial score (nSPS) is 14.7. The van der Waals surface area contributed by atoms with E-state index >= 15 is 0 Å². The number of hydrogen-bond acceptors (Lipinski definition) is 7. The van der Waals surface area contributed by atoms with Gasteiger partial charge in [-0.3, -0.25) is 4.98 Å². The molecule has 0 spiro atoms. The van der Waals surface area contributed by atoms with Crippen molar-refractivity contribution in [2.75, 3.05) is 37.4 Å². The van der Waals surface area contributed by atoms with E-state index in [2.05, 4.69) is 25.4 Å². The lowest BCUT2D eigenvalue weighted by Crippen LogP contribution is -2.41. The molecule has 40 heavy (non-hydrogen) atoms. The molecule has 1 saturated heterocycles. The smallest absolute Gasteiger partial charge is 0.357 e. The zero-order valence-electron chi connectivity index (χ0n) is 21.8. The summed E-state index contributed by atoms with van der Waals surface area (Å²) >= 11 is 0. The Balaban J connectivity index is 1.51. The second-order valence-electron chi connectivity index (χ2n) is 9.29. The van der Waals surface area contributed by atoms with Crippen LogP contribution in [0.15, 0.2) is 47.9 Å². The van der Waals surface area contributed by atoms with Gasteiger partial charge in [0.25, 0.3) is 0 Å². The Morgan fingerprint density at radius 1 is 1.12 bits per heavy atom. The first-order chi connectivity index (χ1) is 18.9. The van der Waals surface area contributed by atoms with Crippen LogP contribution in [0, 0.1) is 11.6 Å². The van der Waals surface area contributed by atoms with Gasteiger partial charge in [0, 0.05) is 63.2 Å². The van der Waals surface area contributed by atoms with Crippen LogP contribution >= 0.6 is 0 Å². The molecule has 9 nitrogen and oxygen atoms in total. The number of benzene rings is 1. The number of rotatable bonds is 6. The van der Waals surface area contributed by atoms with Crippen LogP contribution in [0.3, 0.4) is 0 Å². The Bertz CT molecular complexity index is 1390. The summed E-state index contributed by atoms with van der Waals surface area (Å²) in [5, 5.41) is 6.30. The fourth-order valence-electron chi connectivity index (χ4n) is 4.14. The third-order valence-electron chi connectivity index (χ3n) is 6.27. The topological polar surface area (TPSA) is 95.8 Å². The minimum Gasteiger partial charge on any atom is -0.357 e. The third-order valence-corrected chi connectivity index (χ3v) is 6.27. The first kappa shape index (κ1) is 28.6. The SMILES string of the molecule is CC(=NOc1ccnc(C(F)(F)F)c1)c1cnc(N(C)C)nc1C1CCN(C(=O)Nc2c(F)cccc2F)CC1. The zero-order chi connectivity index (χ0) is 29.0. The van der Waals surface area contributed by atoms with E-state index < -0.39 is 35.2 Å². The maximum atomic E-state index is 14.0. The predicted molar refractivity (Wildman–Crippen MR) is 137 cm³/mol. The van der Waals surface area contributed by atoms with Gasteiger partial charge in [-0.25, -0.2) is 23.5 Å². The number of alkyl halides is 3. The molecule has 212 valence electrons. The van der Waals surface area contributed by atoms with Crippen LogP contribution in [-0.4, -0.2) is 58.8 Å². The fourth-order valence-corrected chi connectivity index (χ4v) is 4.14. The highest BCUT2D eigenvalue weighted by molar-refractivity contribution is 5.99. The standard InChI is InChI=1S/C26H26F5N7O2/c1-15(36-40-17-7-10-32-21(13-17)26(29,30)31)18-14-33-24(37(2)3)34-22(18)16-8-11-38(12-9-16)25(39)35-23-19(27)5-4-6-20(23)28/h4-7,10,13-14,16H,8-9,11-12H2,1-3H3,(H,35,39). The lowest BCUT2D eigenvalue weighted by atomic mass is 9.90. The van der Waals surface area contributed by atoms with E-state index in [0.29, 0.717) is 35.8 Å². The monoisotopic (exact) mass is 563 g/mol. The van der Waals surface area contributed by atoms with Gasteiger partial charge in [-0.2, -0.15) is 13.2 Å². The number of nitrogens with one attached hydrogen (secondary N) is 1. The van der Waals surface area contributed by atoms with Crippen LogP contribution in [0.4, 0.5) is 38.4 Å². The Morgan fingerprint density at radius 3 is 2.42 bits per heavy atom. The molecule has 0 unspecified atom stereocenters. The van der Waals surface area contributed by atoms with Crippen molar-refractivity contribution in [3.05, 3.63) is 71.3 Å². The van der Waals surface area contributed by atoms with Crippen molar-refractivity contribution >= 4 is 23.4 Å². The number of hydrogen-bond donors (Lipinski definition) is 1. The Labute approximate surface area is 226 Å². The van der Waals surface area contributed by atoms with Gasteiger partial charge in [0.15, 0.2) is 5.75 Å². The van der Waals surface area contributed by atoms with Gasteiger partial charge in [-0.05, 0) is 31.9 Å². The summed E-state index contributed by atoms with van der Waals surface area (Å²) in [4.78, 5) is 33.4. The van der Waals surface area contributed by atoms with E-state index in [1.165, 1.54) is 17.0 Å². The molecule has 1 N–H and O–H groups in total. The molecule has 2 amide bonds. The Hall–Kier alpha value is -4.36. The summed E-state index contributed by atoms with van der Waals surface area (Å²) in [6.45, 7) is 2.20. The number of nitrogens with zero attached hydrogens (tertiary/aromatic N) is 6. The second-order valence-corrected chi connectivity index (χ2v) is 9.29. The van der Waals surface area contributed by atoms with Crippen LogP contribution in [-0.2, 0) is 6.18 Å². The average Bonchev–Trinajstić information content (AvgIpc) is 2.93. The van der Waals surface area contributed by atoms with E-state index in [4.69, 9.17) is 4.84 Å². The Kier molecular flexibility index (Phi) is 8.45. The first-order valence-corrected chi connectivity index (χ1v) is 12.2. The number of pyridine rings is 1. The summed E-state index contributed by atoms with van der Waals surface area (Å²) in [6, 6.07) is 4.70. The number of anilines is 2. The van der Waals surface area contributed by atoms with E-state index in [1.54, 1.807) is 32.1 Å². The highest BCUT2D eigenvalue weighted by Gasteiger charge is 2.33. The quantitative estimate of drug-likeness (QED) is 0.244. The number of carbonyl (C=O) groups is 1. The molecule has 1 aliphatic rings. The van der Waals surface area contributed by atoms with Crippen LogP contribution in [0.5, 0.6) is 5.75 Å². The van der Waals surface area contributed by atoms with Crippen molar-refractivity contribution < 1.29 is 31.6 Å². The van der Waals surface area contributed by atoms with Crippen LogP contribution in [0.25, 0.3) is 0 Å². The minimum atomic E-state index is -4.63. The number of likely N-dealkylation sites (tertiary alicyclic amines) is 1. The zero-order valence-corrected chi connectivity index (χ0v) is 21.8.